The molecule has 0 aromatic carbocycles. The molecule has 0 aromatic rings. The Morgan fingerprint density at radius 2 is 0.400 bits per heavy atom. The first-order chi connectivity index (χ1) is 13.3. The summed E-state index contributed by atoms with van der Waals surface area (Å²) in [4.78, 5) is 0. The molecule has 1 aliphatic rings. The van der Waals surface area contributed by atoms with E-state index in [9.17, 15) is 0 Å². The Bertz CT molecular complexity index is 456. The third-order valence-corrected chi connectivity index (χ3v) is 34.0. The number of rotatable bonds is 5. The average Bonchev–Trinajstić information content (AvgIpc) is 2.52. The van der Waals surface area contributed by atoms with Gasteiger partial charge in [-0.15, -0.1) is 0 Å². The van der Waals surface area contributed by atoms with Crippen molar-refractivity contribution in [2.45, 2.75) is 130 Å². The summed E-state index contributed by atoms with van der Waals surface area (Å²) in [6.07, 6.45) is 0. The van der Waals surface area contributed by atoms with Crippen molar-refractivity contribution in [3.8, 4) is 0 Å². The largest absolute Gasteiger partial charge is 0.415 e. The molecule has 0 N–H and O–H groups in total. The summed E-state index contributed by atoms with van der Waals surface area (Å²) in [5, 5.41) is 0. The van der Waals surface area contributed by atoms with Crippen molar-refractivity contribution in [3.05, 3.63) is 0 Å². The van der Waals surface area contributed by atoms with E-state index >= 15 is 0 Å². The maximum Gasteiger partial charge on any atom is 0.320 e. The molecule has 1 fully saturated rings. The van der Waals surface area contributed by atoms with E-state index in [2.05, 4.69) is 102 Å². The van der Waals surface area contributed by atoms with E-state index in [0.29, 0.717) is 27.7 Å². The van der Waals surface area contributed by atoms with E-state index in [4.69, 9.17) is 20.6 Å². The monoisotopic (exact) mass is 510 g/mol. The van der Waals surface area contributed by atoms with Gasteiger partial charge in [-0.25, -0.2) is 0 Å². The van der Waals surface area contributed by atoms with Crippen LogP contribution in [0.5, 0.6) is 0 Å². The van der Waals surface area contributed by atoms with Crippen LogP contribution in [0.25, 0.3) is 0 Å². The van der Waals surface area contributed by atoms with Gasteiger partial charge >= 0.3 is 42.8 Å². The van der Waals surface area contributed by atoms with E-state index in [-0.39, 0.29) is 0 Å². The average molecular weight is 511 g/mol. The second-order valence-electron chi connectivity index (χ2n) is 11.4. The van der Waals surface area contributed by atoms with Crippen LogP contribution in [0.15, 0.2) is 0 Å². The summed E-state index contributed by atoms with van der Waals surface area (Å²) in [7, 11) is -12.9. The second kappa shape index (κ2) is 9.63. The van der Waals surface area contributed by atoms with Crippen molar-refractivity contribution in [3.63, 3.8) is 0 Å². The molecule has 1 aliphatic heterocycles. The fourth-order valence-electron chi connectivity index (χ4n) is 3.29. The lowest BCUT2D eigenvalue weighted by Crippen LogP contribution is -2.70. The Kier molecular flexibility index (Phi) is 9.28. The number of hydrogen-bond donors (Lipinski definition) is 0. The summed E-state index contributed by atoms with van der Waals surface area (Å²) < 4.78 is 35.5. The van der Waals surface area contributed by atoms with E-state index in [1.54, 1.807) is 0 Å². The topological polar surface area (TPSA) is 46.2 Å². The van der Waals surface area contributed by atoms with Crippen LogP contribution in [-0.2, 0) is 20.6 Å². The molecule has 10 heteroatoms. The smallest absolute Gasteiger partial charge is 0.320 e. The van der Waals surface area contributed by atoms with Gasteiger partial charge in [0.15, 0.2) is 0 Å². The van der Waals surface area contributed by atoms with Crippen molar-refractivity contribution >= 4 is 42.8 Å². The highest BCUT2D eigenvalue weighted by Gasteiger charge is 2.60. The predicted octanol–water partition coefficient (Wildman–Crippen LogP) is 7.49. The summed E-state index contributed by atoms with van der Waals surface area (Å²) in [5.74, 6) is 0. The molecular formula is C20H50O5Si5. The highest BCUT2D eigenvalue weighted by atomic mass is 28.5. The van der Waals surface area contributed by atoms with Crippen LogP contribution >= 0.6 is 0 Å². The molecule has 0 radical (unpaired) electrons. The first-order valence-corrected chi connectivity index (χ1v) is 23.7. The Balaban J connectivity index is 3.80. The van der Waals surface area contributed by atoms with Crippen LogP contribution in [0.2, 0.25) is 60.4 Å². The Labute approximate surface area is 192 Å². The van der Waals surface area contributed by atoms with Gasteiger partial charge in [0.05, 0.1) is 0 Å². The first-order valence-electron chi connectivity index (χ1n) is 11.8. The molecule has 5 nitrogen and oxygen atoms in total. The van der Waals surface area contributed by atoms with Gasteiger partial charge in [0.25, 0.3) is 0 Å². The normalized spacial score (nSPS) is 42.0. The van der Waals surface area contributed by atoms with Crippen molar-refractivity contribution in [2.24, 2.45) is 0 Å². The molecule has 1 heterocycles. The molecule has 0 amide bonds. The Morgan fingerprint density at radius 3 is 0.467 bits per heavy atom. The van der Waals surface area contributed by atoms with Gasteiger partial charge in [-0.3, -0.25) is 0 Å². The highest BCUT2D eigenvalue weighted by molar-refractivity contribution is 6.95. The van der Waals surface area contributed by atoms with E-state index in [0.717, 1.165) is 0 Å². The molecule has 0 saturated carbocycles. The zero-order valence-corrected chi connectivity index (χ0v) is 27.4. The Hall–Kier alpha value is 0.884. The summed E-state index contributed by atoms with van der Waals surface area (Å²) in [6, 6.07) is 0. The van der Waals surface area contributed by atoms with Crippen LogP contribution < -0.4 is 0 Å². The Morgan fingerprint density at radius 1 is 0.300 bits per heavy atom. The third kappa shape index (κ3) is 6.06. The molecule has 0 aromatic heterocycles. The maximum atomic E-state index is 7.10. The minimum absolute atomic E-state index is 0.306. The molecule has 0 aliphatic carbocycles. The highest BCUT2D eigenvalue weighted by Crippen LogP contribution is 2.45. The van der Waals surface area contributed by atoms with Crippen molar-refractivity contribution in [2.75, 3.05) is 0 Å². The van der Waals surface area contributed by atoms with Crippen LogP contribution in [0.3, 0.4) is 0 Å². The minimum atomic E-state index is -2.58. The van der Waals surface area contributed by atoms with E-state index < -0.39 is 42.8 Å². The molecular weight excluding hydrogens is 461 g/mol. The van der Waals surface area contributed by atoms with E-state index in [1.165, 1.54) is 0 Å². The van der Waals surface area contributed by atoms with Gasteiger partial charge in [0.1, 0.15) is 0 Å². The number of hydrogen-bond acceptors (Lipinski definition) is 5. The summed E-state index contributed by atoms with van der Waals surface area (Å²) in [6.45, 7) is 33.5. The lowest BCUT2D eigenvalue weighted by molar-refractivity contribution is 0.206. The van der Waals surface area contributed by atoms with Crippen LogP contribution in [0, 0.1) is 0 Å². The molecule has 1 saturated heterocycles. The van der Waals surface area contributed by atoms with Gasteiger partial charge in [0, 0.05) is 0 Å². The van der Waals surface area contributed by atoms with Gasteiger partial charge < -0.3 is 20.6 Å². The molecule has 180 valence electrons. The van der Waals surface area contributed by atoms with E-state index in [1.807, 2.05) is 0 Å². The minimum Gasteiger partial charge on any atom is -0.415 e. The SMILES string of the molecule is CC(C)[Si]1(C)O[Si](C)(C(C)C)O[Si](C)(C(C)C)O[Si](C)(C(C)C)O[Si](C)(C(C)C)O1. The van der Waals surface area contributed by atoms with Crippen LogP contribution in [0.4, 0.5) is 0 Å². The zero-order chi connectivity index (χ0) is 23.9. The van der Waals surface area contributed by atoms with Gasteiger partial charge in [-0.05, 0) is 60.4 Å². The van der Waals surface area contributed by atoms with Crippen molar-refractivity contribution in [1.29, 1.82) is 0 Å². The second-order valence-corrected chi connectivity index (χ2v) is 31.4. The quantitative estimate of drug-likeness (QED) is 0.358. The standard InChI is InChI=1S/C20H50O5Si5/c1-16(2)26(11)21-27(12,17(3)4)23-29(14,19(7)8)25-30(15,20(9)10)24-28(13,22-26)18(5)6/h16-20H,1-15H3. The fraction of sp³-hybridized carbons (Fsp3) is 1.00. The fourth-order valence-corrected chi connectivity index (χ4v) is 31.5. The third-order valence-electron chi connectivity index (χ3n) is 7.27. The van der Waals surface area contributed by atoms with Gasteiger partial charge in [-0.2, -0.15) is 0 Å². The van der Waals surface area contributed by atoms with Gasteiger partial charge in [0.2, 0.25) is 0 Å². The van der Waals surface area contributed by atoms with Crippen LogP contribution in [-0.4, -0.2) is 42.8 Å². The zero-order valence-electron chi connectivity index (χ0n) is 22.4. The van der Waals surface area contributed by atoms with Crippen molar-refractivity contribution < 1.29 is 20.6 Å². The van der Waals surface area contributed by atoms with Crippen LogP contribution in [0.1, 0.15) is 69.2 Å². The molecule has 0 bridgehead atoms. The van der Waals surface area contributed by atoms with Gasteiger partial charge in [-0.1, -0.05) is 69.2 Å². The summed E-state index contributed by atoms with van der Waals surface area (Å²) in [5.41, 5.74) is 1.53. The summed E-state index contributed by atoms with van der Waals surface area (Å²) >= 11 is 0. The lowest BCUT2D eigenvalue weighted by atomic mass is 10.6. The molecule has 0 unspecified atom stereocenters. The molecule has 1 rings (SSSR count). The predicted molar refractivity (Wildman–Crippen MR) is 139 cm³/mol. The molecule has 30 heavy (non-hydrogen) atoms. The molecule has 0 atom stereocenters. The first kappa shape index (κ1) is 28.9. The molecule has 0 spiro atoms. The maximum absolute atomic E-state index is 7.10. The lowest BCUT2D eigenvalue weighted by Gasteiger charge is -2.54. The van der Waals surface area contributed by atoms with Crippen molar-refractivity contribution in [1.82, 2.24) is 0 Å².